The van der Waals surface area contributed by atoms with Gasteiger partial charge in [-0.05, 0) is 60.5 Å². The van der Waals surface area contributed by atoms with Gasteiger partial charge in [-0.25, -0.2) is 9.59 Å². The van der Waals surface area contributed by atoms with Gasteiger partial charge in [0.2, 0.25) is 0 Å². The van der Waals surface area contributed by atoms with Crippen molar-refractivity contribution in [2.24, 2.45) is 0 Å². The number of carbonyl (C=O) groups excluding carboxylic acids is 3. The predicted molar refractivity (Wildman–Crippen MR) is 112 cm³/mol. The number of alkyl carbamates (subject to hydrolysis) is 1. The lowest BCUT2D eigenvalue weighted by atomic mass is 10.00. The molecule has 1 N–H and O–H groups in total. The highest BCUT2D eigenvalue weighted by molar-refractivity contribution is 5.82. The Hall–Kier alpha value is -2.35. The number of amides is 1. The summed E-state index contributed by atoms with van der Waals surface area (Å²) in [6.45, 7) is 16.1. The van der Waals surface area contributed by atoms with Gasteiger partial charge >= 0.3 is 18.0 Å². The summed E-state index contributed by atoms with van der Waals surface area (Å²) in [5.41, 5.74) is -0.700. The molecular formula is C22H35NO7. The molecule has 1 aliphatic rings. The van der Waals surface area contributed by atoms with E-state index in [9.17, 15) is 14.4 Å². The third kappa shape index (κ3) is 11.0. The molecule has 30 heavy (non-hydrogen) atoms. The van der Waals surface area contributed by atoms with Crippen LogP contribution in [0.25, 0.3) is 0 Å². The molecule has 1 amide bonds. The highest BCUT2D eigenvalue weighted by Gasteiger charge is 2.30. The second-order valence-corrected chi connectivity index (χ2v) is 9.30. The fraction of sp³-hybridized carbons (Fsp3) is 0.682. The van der Waals surface area contributed by atoms with Crippen molar-refractivity contribution < 1.29 is 33.3 Å². The second-order valence-electron chi connectivity index (χ2n) is 9.30. The van der Waals surface area contributed by atoms with E-state index in [2.05, 4.69) is 11.9 Å². The molecular weight excluding hydrogens is 390 g/mol. The molecule has 0 fully saturated rings. The van der Waals surface area contributed by atoms with E-state index in [-0.39, 0.29) is 25.1 Å². The molecule has 0 aromatic rings. The Kier molecular flexibility index (Phi) is 9.09. The van der Waals surface area contributed by atoms with E-state index < -0.39 is 35.4 Å². The van der Waals surface area contributed by atoms with E-state index in [0.717, 1.165) is 0 Å². The van der Waals surface area contributed by atoms with E-state index in [1.807, 2.05) is 0 Å². The van der Waals surface area contributed by atoms with Crippen LogP contribution in [-0.4, -0.2) is 54.1 Å². The molecule has 0 aromatic carbocycles. The fourth-order valence-corrected chi connectivity index (χ4v) is 2.66. The first-order valence-electron chi connectivity index (χ1n) is 10.0. The summed E-state index contributed by atoms with van der Waals surface area (Å²) in [7, 11) is 0. The molecule has 0 spiro atoms. The van der Waals surface area contributed by atoms with Gasteiger partial charge in [0.05, 0.1) is 12.7 Å². The molecule has 0 aromatic heterocycles. The quantitative estimate of drug-likeness (QED) is 0.379. The summed E-state index contributed by atoms with van der Waals surface area (Å²) >= 11 is 0. The van der Waals surface area contributed by atoms with Gasteiger partial charge in [-0.15, -0.1) is 0 Å². The molecule has 1 rings (SSSR count). The standard InChI is InChI=1S/C22H35NO7/c1-14(11-16-9-10-17(13-27-16)28-15(2)24)12-18(19(25)29-21(3,4)5)23-20(26)30-22(6,7)8/h9-10,16-18H,1,11-13H2,2-8H3,(H,23,26)/t16-,17+,18-/m0/s1. The van der Waals surface area contributed by atoms with Gasteiger partial charge in [-0.2, -0.15) is 0 Å². The van der Waals surface area contributed by atoms with Crippen LogP contribution in [0.15, 0.2) is 24.3 Å². The SMILES string of the molecule is C=C(C[C@H](NC(=O)OC(C)(C)C)C(=O)OC(C)(C)C)C[C@@H]1C=C[C@@H](OC(C)=O)CO1. The zero-order chi connectivity index (χ0) is 23.1. The molecule has 0 radical (unpaired) electrons. The van der Waals surface area contributed by atoms with Crippen molar-refractivity contribution in [3.63, 3.8) is 0 Å². The molecule has 0 saturated heterocycles. The Balaban J connectivity index is 2.73. The molecule has 1 heterocycles. The number of nitrogens with one attached hydrogen (secondary N) is 1. The minimum absolute atomic E-state index is 0.176. The third-order valence-corrected chi connectivity index (χ3v) is 3.70. The number of hydrogen-bond acceptors (Lipinski definition) is 7. The van der Waals surface area contributed by atoms with E-state index in [0.29, 0.717) is 12.0 Å². The summed E-state index contributed by atoms with van der Waals surface area (Å²) in [5, 5.41) is 2.58. The molecule has 8 heteroatoms. The first-order chi connectivity index (χ1) is 13.6. The van der Waals surface area contributed by atoms with E-state index >= 15 is 0 Å². The zero-order valence-corrected chi connectivity index (χ0v) is 19.1. The Morgan fingerprint density at radius 1 is 1.10 bits per heavy atom. The molecule has 8 nitrogen and oxygen atoms in total. The van der Waals surface area contributed by atoms with Crippen molar-refractivity contribution in [2.75, 3.05) is 6.61 Å². The monoisotopic (exact) mass is 425 g/mol. The van der Waals surface area contributed by atoms with Crippen LogP contribution in [0.1, 0.15) is 61.3 Å². The largest absolute Gasteiger partial charge is 0.458 e. The summed E-state index contributed by atoms with van der Waals surface area (Å²) in [4.78, 5) is 35.8. The van der Waals surface area contributed by atoms with E-state index in [1.165, 1.54) is 6.92 Å². The average molecular weight is 426 g/mol. The van der Waals surface area contributed by atoms with Crippen molar-refractivity contribution in [1.29, 1.82) is 0 Å². The Labute approximate surface area is 179 Å². The van der Waals surface area contributed by atoms with Gasteiger partial charge in [-0.3, -0.25) is 4.79 Å². The first kappa shape index (κ1) is 25.7. The van der Waals surface area contributed by atoms with Crippen LogP contribution < -0.4 is 5.32 Å². The highest BCUT2D eigenvalue weighted by Crippen LogP contribution is 2.20. The topological polar surface area (TPSA) is 100 Å². The number of hydrogen-bond donors (Lipinski definition) is 1. The van der Waals surface area contributed by atoms with Gasteiger partial charge in [0.1, 0.15) is 23.3 Å². The maximum Gasteiger partial charge on any atom is 0.408 e. The van der Waals surface area contributed by atoms with Crippen LogP contribution in [0.4, 0.5) is 4.79 Å². The van der Waals surface area contributed by atoms with Crippen LogP contribution in [0, 0.1) is 0 Å². The Bertz CT molecular complexity index is 670. The van der Waals surface area contributed by atoms with Crippen molar-refractivity contribution >= 4 is 18.0 Å². The third-order valence-electron chi connectivity index (χ3n) is 3.70. The van der Waals surface area contributed by atoms with Gasteiger partial charge in [0.15, 0.2) is 0 Å². The summed E-state index contributed by atoms with van der Waals surface area (Å²) in [6, 6.07) is -0.937. The number of ether oxygens (including phenoxy) is 4. The lowest BCUT2D eigenvalue weighted by Gasteiger charge is -2.28. The van der Waals surface area contributed by atoms with Gasteiger partial charge in [0, 0.05) is 6.92 Å². The molecule has 0 saturated carbocycles. The second kappa shape index (κ2) is 10.6. The van der Waals surface area contributed by atoms with Crippen LogP contribution in [0.2, 0.25) is 0 Å². The molecule has 0 bridgehead atoms. The number of esters is 2. The van der Waals surface area contributed by atoms with Crippen LogP contribution in [-0.2, 0) is 28.5 Å². The van der Waals surface area contributed by atoms with Crippen molar-refractivity contribution in [3.8, 4) is 0 Å². The maximum atomic E-state index is 12.6. The minimum atomic E-state index is -0.937. The number of carbonyl (C=O) groups is 3. The Morgan fingerprint density at radius 3 is 2.17 bits per heavy atom. The van der Waals surface area contributed by atoms with Crippen molar-refractivity contribution in [1.82, 2.24) is 5.32 Å². The predicted octanol–water partition coefficient (Wildman–Crippen LogP) is 3.44. The molecule has 0 unspecified atom stereocenters. The van der Waals surface area contributed by atoms with Gasteiger partial charge in [-0.1, -0.05) is 18.2 Å². The average Bonchev–Trinajstić information content (AvgIpc) is 2.52. The van der Waals surface area contributed by atoms with Gasteiger partial charge < -0.3 is 24.3 Å². The maximum absolute atomic E-state index is 12.6. The summed E-state index contributed by atoms with van der Waals surface area (Å²) in [6.07, 6.45) is 2.82. The molecule has 170 valence electrons. The highest BCUT2D eigenvalue weighted by atomic mass is 16.6. The summed E-state index contributed by atoms with van der Waals surface area (Å²) < 4.78 is 21.4. The molecule has 1 aliphatic heterocycles. The summed E-state index contributed by atoms with van der Waals surface area (Å²) in [5.74, 6) is -0.936. The van der Waals surface area contributed by atoms with Crippen molar-refractivity contribution in [3.05, 3.63) is 24.3 Å². The lowest BCUT2D eigenvalue weighted by molar-refractivity contribution is -0.157. The van der Waals surface area contributed by atoms with Crippen LogP contribution >= 0.6 is 0 Å². The first-order valence-corrected chi connectivity index (χ1v) is 10.0. The molecule has 3 atom stereocenters. The van der Waals surface area contributed by atoms with E-state index in [4.69, 9.17) is 18.9 Å². The smallest absolute Gasteiger partial charge is 0.408 e. The van der Waals surface area contributed by atoms with Gasteiger partial charge in [0.25, 0.3) is 0 Å². The van der Waals surface area contributed by atoms with Crippen LogP contribution in [0.3, 0.4) is 0 Å². The normalized spacial score (nSPS) is 20.1. The Morgan fingerprint density at radius 2 is 1.70 bits per heavy atom. The molecule has 0 aliphatic carbocycles. The minimum Gasteiger partial charge on any atom is -0.458 e. The lowest BCUT2D eigenvalue weighted by Crippen LogP contribution is -2.46. The fourth-order valence-electron chi connectivity index (χ4n) is 2.66. The van der Waals surface area contributed by atoms with Crippen LogP contribution in [0.5, 0.6) is 0 Å². The zero-order valence-electron chi connectivity index (χ0n) is 19.1. The number of rotatable bonds is 7. The van der Waals surface area contributed by atoms with E-state index in [1.54, 1.807) is 53.7 Å². The van der Waals surface area contributed by atoms with Crippen molar-refractivity contribution in [2.45, 2.75) is 90.8 Å².